The maximum atomic E-state index is 12.5. The Morgan fingerprint density at radius 3 is 2.52 bits per heavy atom. The number of para-hydroxylation sites is 1. The van der Waals surface area contributed by atoms with Gasteiger partial charge in [-0.2, -0.15) is 0 Å². The molecule has 1 unspecified atom stereocenters. The Morgan fingerprint density at radius 2 is 1.92 bits per heavy atom. The maximum absolute atomic E-state index is 12.5. The zero-order valence-electron chi connectivity index (χ0n) is 15.7. The zero-order chi connectivity index (χ0) is 18.1. The summed E-state index contributed by atoms with van der Waals surface area (Å²) in [6, 6.07) is 10.2. The first-order chi connectivity index (χ1) is 12.1. The monoisotopic (exact) mass is 349 g/mol. The fraction of sp³-hybridized carbons (Fsp3) is 0.650. The number of piperidine rings is 1. The molecule has 1 aliphatic rings. The molecular formula is C20H31NO4. The van der Waals surface area contributed by atoms with E-state index in [2.05, 4.69) is 11.8 Å². The van der Waals surface area contributed by atoms with Crippen LogP contribution in [-0.2, 0) is 14.3 Å². The highest BCUT2D eigenvalue weighted by molar-refractivity contribution is 5.77. The molecule has 140 valence electrons. The van der Waals surface area contributed by atoms with E-state index in [0.29, 0.717) is 25.9 Å². The van der Waals surface area contributed by atoms with Crippen LogP contribution in [0.25, 0.3) is 0 Å². The number of nitrogens with zero attached hydrogens (tertiary/aromatic N) is 1. The number of hydrogen-bond acceptors (Lipinski definition) is 5. The first kappa shape index (κ1) is 19.7. The number of hydrogen-bond donors (Lipinski definition) is 0. The topological polar surface area (TPSA) is 48.0 Å². The molecule has 0 bridgehead atoms. The van der Waals surface area contributed by atoms with E-state index in [1.165, 1.54) is 0 Å². The van der Waals surface area contributed by atoms with E-state index in [-0.39, 0.29) is 5.97 Å². The number of benzene rings is 1. The zero-order valence-corrected chi connectivity index (χ0v) is 15.7. The molecule has 1 aromatic rings. The van der Waals surface area contributed by atoms with E-state index < -0.39 is 5.41 Å². The summed E-state index contributed by atoms with van der Waals surface area (Å²) < 4.78 is 16.4. The normalized spacial score (nSPS) is 18.5. The highest BCUT2D eigenvalue weighted by atomic mass is 16.5. The molecule has 0 aliphatic carbocycles. The third-order valence-electron chi connectivity index (χ3n) is 5.11. The molecule has 0 spiro atoms. The second-order valence-corrected chi connectivity index (χ2v) is 6.75. The molecule has 0 amide bonds. The maximum Gasteiger partial charge on any atom is 0.312 e. The molecule has 25 heavy (non-hydrogen) atoms. The number of esters is 1. The van der Waals surface area contributed by atoms with E-state index in [1.807, 2.05) is 37.3 Å². The van der Waals surface area contributed by atoms with Crippen LogP contribution in [-0.4, -0.2) is 56.9 Å². The van der Waals surface area contributed by atoms with Crippen LogP contribution in [0.2, 0.25) is 0 Å². The molecule has 1 fully saturated rings. The van der Waals surface area contributed by atoms with Gasteiger partial charge in [0.2, 0.25) is 0 Å². The molecule has 2 rings (SSSR count). The molecule has 5 nitrogen and oxygen atoms in total. The fourth-order valence-corrected chi connectivity index (χ4v) is 3.37. The summed E-state index contributed by atoms with van der Waals surface area (Å²) in [6.07, 6.45) is 2.35. The highest BCUT2D eigenvalue weighted by Crippen LogP contribution is 2.37. The summed E-state index contributed by atoms with van der Waals surface area (Å²) in [5.74, 6) is 0.826. The van der Waals surface area contributed by atoms with E-state index in [4.69, 9.17) is 14.2 Å². The van der Waals surface area contributed by atoms with Crippen molar-refractivity contribution < 1.29 is 19.0 Å². The quantitative estimate of drug-likeness (QED) is 0.641. The summed E-state index contributed by atoms with van der Waals surface area (Å²) in [4.78, 5) is 14.9. The van der Waals surface area contributed by atoms with Crippen molar-refractivity contribution in [2.24, 2.45) is 5.41 Å². The van der Waals surface area contributed by atoms with Crippen molar-refractivity contribution in [1.29, 1.82) is 0 Å². The molecule has 0 N–H and O–H groups in total. The van der Waals surface area contributed by atoms with Crippen molar-refractivity contribution in [3.8, 4) is 5.75 Å². The standard InChI is InChI=1S/C20H31NO4/c1-4-24-19(22)20(12-15-23-3)10-13-21(14-11-20)17(2)16-25-18-8-6-5-7-9-18/h5-9,17H,4,10-16H2,1-3H3. The van der Waals surface area contributed by atoms with Gasteiger partial charge in [0.15, 0.2) is 0 Å². The molecule has 0 aromatic heterocycles. The van der Waals surface area contributed by atoms with Crippen LogP contribution >= 0.6 is 0 Å². The van der Waals surface area contributed by atoms with Gasteiger partial charge in [-0.25, -0.2) is 0 Å². The average molecular weight is 349 g/mol. The second kappa shape index (κ2) is 9.78. The Morgan fingerprint density at radius 1 is 1.24 bits per heavy atom. The van der Waals surface area contributed by atoms with Gasteiger partial charge in [0.05, 0.1) is 12.0 Å². The van der Waals surface area contributed by atoms with E-state index in [9.17, 15) is 4.79 Å². The number of methoxy groups -OCH3 is 1. The third-order valence-corrected chi connectivity index (χ3v) is 5.11. The van der Waals surface area contributed by atoms with Gasteiger partial charge >= 0.3 is 5.97 Å². The third kappa shape index (κ3) is 5.44. The highest BCUT2D eigenvalue weighted by Gasteiger charge is 2.42. The van der Waals surface area contributed by atoms with Crippen molar-refractivity contribution in [3.05, 3.63) is 30.3 Å². The van der Waals surface area contributed by atoms with Crippen LogP contribution in [0.4, 0.5) is 0 Å². The number of likely N-dealkylation sites (tertiary alicyclic amines) is 1. The van der Waals surface area contributed by atoms with Gasteiger partial charge in [-0.1, -0.05) is 18.2 Å². The summed E-state index contributed by atoms with van der Waals surface area (Å²) in [6.45, 7) is 7.46. The molecule has 1 heterocycles. The van der Waals surface area contributed by atoms with Gasteiger partial charge in [0.1, 0.15) is 12.4 Å². The van der Waals surface area contributed by atoms with Crippen LogP contribution in [0.5, 0.6) is 5.75 Å². The van der Waals surface area contributed by atoms with E-state index in [0.717, 1.165) is 38.1 Å². The van der Waals surface area contributed by atoms with Gasteiger partial charge in [-0.05, 0) is 58.3 Å². The van der Waals surface area contributed by atoms with Gasteiger partial charge in [-0.15, -0.1) is 0 Å². The lowest BCUT2D eigenvalue weighted by Crippen LogP contribution is -2.49. The molecule has 0 saturated carbocycles. The molecule has 1 aromatic carbocycles. The summed E-state index contributed by atoms with van der Waals surface area (Å²) in [7, 11) is 1.68. The SMILES string of the molecule is CCOC(=O)C1(CCOC)CCN(C(C)COc2ccccc2)CC1. The van der Waals surface area contributed by atoms with Crippen LogP contribution in [0.1, 0.15) is 33.1 Å². The van der Waals surface area contributed by atoms with Gasteiger partial charge in [-0.3, -0.25) is 9.69 Å². The molecule has 1 saturated heterocycles. The van der Waals surface area contributed by atoms with E-state index in [1.54, 1.807) is 7.11 Å². The summed E-state index contributed by atoms with van der Waals surface area (Å²) in [5, 5.41) is 0. The lowest BCUT2D eigenvalue weighted by atomic mass is 9.75. The van der Waals surface area contributed by atoms with Crippen LogP contribution in [0.15, 0.2) is 30.3 Å². The lowest BCUT2D eigenvalue weighted by molar-refractivity contribution is -0.160. The molecule has 5 heteroatoms. The van der Waals surface area contributed by atoms with Crippen LogP contribution < -0.4 is 4.74 Å². The number of carbonyl (C=O) groups is 1. The van der Waals surface area contributed by atoms with Crippen molar-refractivity contribution in [1.82, 2.24) is 4.90 Å². The number of ether oxygens (including phenoxy) is 3. The summed E-state index contributed by atoms with van der Waals surface area (Å²) >= 11 is 0. The predicted molar refractivity (Wildman–Crippen MR) is 97.8 cm³/mol. The second-order valence-electron chi connectivity index (χ2n) is 6.75. The molecule has 1 aliphatic heterocycles. The first-order valence-corrected chi connectivity index (χ1v) is 9.19. The first-order valence-electron chi connectivity index (χ1n) is 9.19. The Labute approximate surface area is 151 Å². The van der Waals surface area contributed by atoms with Crippen LogP contribution in [0, 0.1) is 5.41 Å². The Kier molecular flexibility index (Phi) is 7.72. The van der Waals surface area contributed by atoms with Gasteiger partial charge < -0.3 is 14.2 Å². The van der Waals surface area contributed by atoms with Crippen molar-refractivity contribution in [2.75, 3.05) is 40.0 Å². The number of rotatable bonds is 9. The Hall–Kier alpha value is -1.59. The van der Waals surface area contributed by atoms with E-state index >= 15 is 0 Å². The molecule has 1 atom stereocenters. The Balaban J connectivity index is 1.87. The lowest BCUT2D eigenvalue weighted by Gasteiger charge is -2.42. The minimum atomic E-state index is -0.400. The predicted octanol–water partition coefficient (Wildman–Crippen LogP) is 3.14. The Bertz CT molecular complexity index is 512. The average Bonchev–Trinajstić information content (AvgIpc) is 2.66. The van der Waals surface area contributed by atoms with Crippen molar-refractivity contribution in [2.45, 2.75) is 39.2 Å². The minimum absolute atomic E-state index is 0.0695. The largest absolute Gasteiger partial charge is 0.492 e. The van der Waals surface area contributed by atoms with Crippen molar-refractivity contribution >= 4 is 5.97 Å². The molecular weight excluding hydrogens is 318 g/mol. The number of carbonyl (C=O) groups excluding carboxylic acids is 1. The smallest absolute Gasteiger partial charge is 0.312 e. The minimum Gasteiger partial charge on any atom is -0.492 e. The fourth-order valence-electron chi connectivity index (χ4n) is 3.37. The van der Waals surface area contributed by atoms with Crippen LogP contribution in [0.3, 0.4) is 0 Å². The summed E-state index contributed by atoms with van der Waals surface area (Å²) in [5.41, 5.74) is -0.400. The van der Waals surface area contributed by atoms with Crippen molar-refractivity contribution in [3.63, 3.8) is 0 Å². The van der Waals surface area contributed by atoms with Gasteiger partial charge in [0.25, 0.3) is 0 Å². The molecule has 0 radical (unpaired) electrons. The van der Waals surface area contributed by atoms with Gasteiger partial charge in [0, 0.05) is 19.8 Å².